The highest BCUT2D eigenvalue weighted by Gasteiger charge is 2.06. The van der Waals surface area contributed by atoms with E-state index in [4.69, 9.17) is 9.47 Å². The Morgan fingerprint density at radius 3 is 2.37 bits per heavy atom. The van der Waals surface area contributed by atoms with Gasteiger partial charge in [-0.3, -0.25) is 0 Å². The number of benzene rings is 2. The fourth-order valence-electron chi connectivity index (χ4n) is 1.60. The third kappa shape index (κ3) is 3.85. The molecule has 2 aromatic rings. The maximum absolute atomic E-state index is 11.6. The minimum Gasteiger partial charge on any atom is -0.482 e. The van der Waals surface area contributed by atoms with E-state index in [-0.39, 0.29) is 6.61 Å². The molecule has 0 saturated heterocycles. The molecule has 2 aromatic carbocycles. The summed E-state index contributed by atoms with van der Waals surface area (Å²) in [6, 6.07) is 14.7. The molecule has 0 atom stereocenters. The molecule has 0 aliphatic heterocycles. The molecule has 0 aromatic heterocycles. The lowest BCUT2D eigenvalue weighted by Gasteiger charge is -2.08. The highest BCUT2D eigenvalue weighted by molar-refractivity contribution is 5.74. The third-order valence-electron chi connectivity index (χ3n) is 2.81. The Kier molecular flexibility index (Phi) is 4.18. The molecule has 0 heterocycles. The number of rotatable bonds is 4. The van der Waals surface area contributed by atoms with Crippen LogP contribution in [0.3, 0.4) is 0 Å². The Balaban J connectivity index is 1.89. The molecule has 0 bridgehead atoms. The number of para-hydroxylation sites is 1. The lowest BCUT2D eigenvalue weighted by atomic mass is 10.1. The summed E-state index contributed by atoms with van der Waals surface area (Å²) in [5.74, 6) is 0.788. The predicted molar refractivity (Wildman–Crippen MR) is 73.5 cm³/mol. The summed E-state index contributed by atoms with van der Waals surface area (Å²) in [6.45, 7) is 3.89. The average molecular weight is 256 g/mol. The molecule has 98 valence electrons. The van der Waals surface area contributed by atoms with Crippen LogP contribution in [0.1, 0.15) is 11.1 Å². The molecule has 0 aliphatic rings. The minimum atomic E-state index is -0.410. The van der Waals surface area contributed by atoms with Gasteiger partial charge in [0, 0.05) is 0 Å². The number of aryl methyl sites for hydroxylation is 2. The second-order valence-electron chi connectivity index (χ2n) is 4.32. The lowest BCUT2D eigenvalue weighted by Crippen LogP contribution is -2.17. The molecule has 19 heavy (non-hydrogen) atoms. The molecule has 2 rings (SSSR count). The summed E-state index contributed by atoms with van der Waals surface area (Å²) in [7, 11) is 0. The van der Waals surface area contributed by atoms with Gasteiger partial charge < -0.3 is 9.47 Å². The average Bonchev–Trinajstić information content (AvgIpc) is 2.42. The summed E-state index contributed by atoms with van der Waals surface area (Å²) in [4.78, 5) is 11.6. The van der Waals surface area contributed by atoms with Crippen molar-refractivity contribution in [3.8, 4) is 11.5 Å². The van der Waals surface area contributed by atoms with E-state index in [1.54, 1.807) is 18.2 Å². The molecule has 0 fully saturated rings. The van der Waals surface area contributed by atoms with Crippen molar-refractivity contribution >= 4 is 5.97 Å². The lowest BCUT2D eigenvalue weighted by molar-refractivity contribution is -0.136. The van der Waals surface area contributed by atoms with Gasteiger partial charge in [-0.25, -0.2) is 4.79 Å². The summed E-state index contributed by atoms with van der Waals surface area (Å²) in [5.41, 5.74) is 2.26. The van der Waals surface area contributed by atoms with Gasteiger partial charge in [-0.15, -0.1) is 0 Å². The largest absolute Gasteiger partial charge is 0.482 e. The molecule has 0 saturated carbocycles. The van der Waals surface area contributed by atoms with Gasteiger partial charge in [-0.2, -0.15) is 0 Å². The Hall–Kier alpha value is -2.29. The number of carbonyl (C=O) groups excluding carboxylic acids is 1. The third-order valence-corrected chi connectivity index (χ3v) is 2.81. The summed E-state index contributed by atoms with van der Waals surface area (Å²) >= 11 is 0. The Morgan fingerprint density at radius 2 is 1.68 bits per heavy atom. The molecule has 0 spiro atoms. The standard InChI is InChI=1S/C16H16O3/c1-12-8-9-15(10-13(12)2)19-16(17)11-18-14-6-4-3-5-7-14/h3-10H,11H2,1-2H3. The van der Waals surface area contributed by atoms with Crippen molar-refractivity contribution in [3.63, 3.8) is 0 Å². The fourth-order valence-corrected chi connectivity index (χ4v) is 1.60. The number of hydrogen-bond donors (Lipinski definition) is 0. The Bertz CT molecular complexity index is 561. The number of hydrogen-bond acceptors (Lipinski definition) is 3. The van der Waals surface area contributed by atoms with Crippen molar-refractivity contribution in [1.29, 1.82) is 0 Å². The molecule has 0 N–H and O–H groups in total. The van der Waals surface area contributed by atoms with E-state index >= 15 is 0 Å². The van der Waals surface area contributed by atoms with Crippen molar-refractivity contribution in [2.24, 2.45) is 0 Å². The highest BCUT2D eigenvalue weighted by atomic mass is 16.6. The van der Waals surface area contributed by atoms with Gasteiger partial charge in [0.2, 0.25) is 0 Å². The second kappa shape index (κ2) is 6.05. The van der Waals surface area contributed by atoms with Crippen LogP contribution in [0.25, 0.3) is 0 Å². The number of ether oxygens (including phenoxy) is 2. The normalized spacial score (nSPS) is 10.0. The van der Waals surface area contributed by atoms with Crippen LogP contribution in [0.2, 0.25) is 0 Å². The first-order valence-electron chi connectivity index (χ1n) is 6.11. The summed E-state index contributed by atoms with van der Waals surface area (Å²) in [5, 5.41) is 0. The van der Waals surface area contributed by atoms with Crippen molar-refractivity contribution in [2.45, 2.75) is 13.8 Å². The molecule has 3 nitrogen and oxygen atoms in total. The van der Waals surface area contributed by atoms with Crippen molar-refractivity contribution < 1.29 is 14.3 Å². The van der Waals surface area contributed by atoms with Gasteiger partial charge in [-0.05, 0) is 49.2 Å². The van der Waals surface area contributed by atoms with Gasteiger partial charge in [-0.1, -0.05) is 24.3 Å². The topological polar surface area (TPSA) is 35.5 Å². The molecule has 3 heteroatoms. The zero-order valence-electron chi connectivity index (χ0n) is 11.1. The monoisotopic (exact) mass is 256 g/mol. The maximum Gasteiger partial charge on any atom is 0.349 e. The van der Waals surface area contributed by atoms with Crippen molar-refractivity contribution in [2.75, 3.05) is 6.61 Å². The van der Waals surface area contributed by atoms with E-state index in [0.717, 1.165) is 5.56 Å². The summed E-state index contributed by atoms with van der Waals surface area (Å²) < 4.78 is 10.5. The first kappa shape index (κ1) is 13.1. The Labute approximate surface area is 112 Å². The first-order valence-corrected chi connectivity index (χ1v) is 6.11. The predicted octanol–water partition coefficient (Wildman–Crippen LogP) is 3.29. The van der Waals surface area contributed by atoms with Crippen LogP contribution in [-0.4, -0.2) is 12.6 Å². The van der Waals surface area contributed by atoms with Gasteiger partial charge in [0.05, 0.1) is 0 Å². The van der Waals surface area contributed by atoms with Crippen molar-refractivity contribution in [1.82, 2.24) is 0 Å². The fraction of sp³-hybridized carbons (Fsp3) is 0.188. The highest BCUT2D eigenvalue weighted by Crippen LogP contribution is 2.16. The van der Waals surface area contributed by atoms with Gasteiger partial charge in [0.15, 0.2) is 6.61 Å². The van der Waals surface area contributed by atoms with Crippen LogP contribution in [0, 0.1) is 13.8 Å². The maximum atomic E-state index is 11.6. The SMILES string of the molecule is Cc1ccc(OC(=O)COc2ccccc2)cc1C. The van der Waals surface area contributed by atoms with Crippen molar-refractivity contribution in [3.05, 3.63) is 59.7 Å². The van der Waals surface area contributed by atoms with Crippen LogP contribution < -0.4 is 9.47 Å². The van der Waals surface area contributed by atoms with Gasteiger partial charge >= 0.3 is 5.97 Å². The van der Waals surface area contributed by atoms with E-state index in [2.05, 4.69) is 0 Å². The molecule has 0 radical (unpaired) electrons. The van der Waals surface area contributed by atoms with Crippen LogP contribution in [0.5, 0.6) is 11.5 Å². The zero-order chi connectivity index (χ0) is 13.7. The van der Waals surface area contributed by atoms with Crippen LogP contribution >= 0.6 is 0 Å². The van der Waals surface area contributed by atoms with Crippen LogP contribution in [-0.2, 0) is 4.79 Å². The van der Waals surface area contributed by atoms with E-state index in [0.29, 0.717) is 11.5 Å². The van der Waals surface area contributed by atoms with Gasteiger partial charge in [0.25, 0.3) is 0 Å². The smallest absolute Gasteiger partial charge is 0.349 e. The number of esters is 1. The quantitative estimate of drug-likeness (QED) is 0.622. The van der Waals surface area contributed by atoms with E-state index in [1.807, 2.05) is 44.2 Å². The van der Waals surface area contributed by atoms with Crippen LogP contribution in [0.4, 0.5) is 0 Å². The Morgan fingerprint density at radius 1 is 0.947 bits per heavy atom. The molecule has 0 unspecified atom stereocenters. The summed E-state index contributed by atoms with van der Waals surface area (Å²) in [6.07, 6.45) is 0. The minimum absolute atomic E-state index is 0.100. The molecular weight excluding hydrogens is 240 g/mol. The van der Waals surface area contributed by atoms with E-state index in [9.17, 15) is 4.79 Å². The molecular formula is C16H16O3. The van der Waals surface area contributed by atoms with E-state index < -0.39 is 5.97 Å². The van der Waals surface area contributed by atoms with E-state index in [1.165, 1.54) is 5.56 Å². The first-order chi connectivity index (χ1) is 9.15. The zero-order valence-corrected chi connectivity index (χ0v) is 11.1. The molecule has 0 amide bonds. The van der Waals surface area contributed by atoms with Gasteiger partial charge in [0.1, 0.15) is 11.5 Å². The second-order valence-corrected chi connectivity index (χ2v) is 4.32. The number of carbonyl (C=O) groups is 1. The van der Waals surface area contributed by atoms with Crippen LogP contribution in [0.15, 0.2) is 48.5 Å². The molecule has 0 aliphatic carbocycles.